The highest BCUT2D eigenvalue weighted by Gasteiger charge is 2.36. The lowest BCUT2D eigenvalue weighted by molar-refractivity contribution is 0.127. The summed E-state index contributed by atoms with van der Waals surface area (Å²) in [6.45, 7) is 2.59. The summed E-state index contributed by atoms with van der Waals surface area (Å²) in [5.41, 5.74) is 4.64. The van der Waals surface area contributed by atoms with Crippen molar-refractivity contribution in [3.05, 3.63) is 76.5 Å². The van der Waals surface area contributed by atoms with Crippen molar-refractivity contribution in [1.82, 2.24) is 20.4 Å². The highest BCUT2D eigenvalue weighted by Crippen LogP contribution is 2.44. The summed E-state index contributed by atoms with van der Waals surface area (Å²) < 4.78 is 8.62. The van der Waals surface area contributed by atoms with E-state index in [-0.39, 0.29) is 17.6 Å². The fourth-order valence-electron chi connectivity index (χ4n) is 4.83. The molecule has 0 atom stereocenters. The third-order valence-electron chi connectivity index (χ3n) is 6.48. The predicted octanol–water partition coefficient (Wildman–Crippen LogP) is 4.26. The van der Waals surface area contributed by atoms with Crippen LogP contribution in [-0.4, -0.2) is 42.1 Å². The zero-order chi connectivity index (χ0) is 21.3. The molecule has 1 aliphatic carbocycles. The minimum absolute atomic E-state index is 0.0630. The lowest BCUT2D eigenvalue weighted by Gasteiger charge is -2.38. The van der Waals surface area contributed by atoms with Gasteiger partial charge in [-0.2, -0.15) is 5.10 Å². The van der Waals surface area contributed by atoms with Crippen molar-refractivity contribution in [3.8, 4) is 11.1 Å². The summed E-state index contributed by atoms with van der Waals surface area (Å²) in [7, 11) is 0. The van der Waals surface area contributed by atoms with Crippen LogP contribution in [0.1, 0.15) is 29.9 Å². The first-order valence-electron chi connectivity index (χ1n) is 10.7. The number of carbonyl (C=O) groups excluding carboxylic acids is 1. The summed E-state index contributed by atoms with van der Waals surface area (Å²) >= 11 is 3.48. The number of amides is 1. The number of fused-ring (bicyclic) bond motifs is 3. The molecule has 3 aromatic rings. The van der Waals surface area contributed by atoms with Gasteiger partial charge in [0, 0.05) is 18.7 Å². The Morgan fingerprint density at radius 1 is 1.13 bits per heavy atom. The number of rotatable bonds is 5. The van der Waals surface area contributed by atoms with Crippen molar-refractivity contribution < 1.29 is 9.53 Å². The first-order chi connectivity index (χ1) is 15.2. The van der Waals surface area contributed by atoms with E-state index in [0.29, 0.717) is 13.2 Å². The Kier molecular flexibility index (Phi) is 5.54. The van der Waals surface area contributed by atoms with Crippen LogP contribution >= 0.6 is 15.9 Å². The van der Waals surface area contributed by atoms with E-state index >= 15 is 0 Å². The van der Waals surface area contributed by atoms with Crippen LogP contribution in [0.5, 0.6) is 0 Å². The summed E-state index contributed by atoms with van der Waals surface area (Å²) in [4.78, 5) is 12.7. The second-order valence-corrected chi connectivity index (χ2v) is 9.17. The maximum atomic E-state index is 12.7. The number of piperidine rings is 1. The monoisotopic (exact) mass is 480 g/mol. The van der Waals surface area contributed by atoms with Crippen LogP contribution < -0.4 is 10.6 Å². The van der Waals surface area contributed by atoms with E-state index in [2.05, 4.69) is 68.1 Å². The molecule has 2 aromatic carbocycles. The van der Waals surface area contributed by atoms with E-state index in [0.717, 1.165) is 30.4 Å². The van der Waals surface area contributed by atoms with Crippen molar-refractivity contribution in [2.24, 2.45) is 0 Å². The van der Waals surface area contributed by atoms with Crippen LogP contribution in [0.15, 0.2) is 65.4 Å². The van der Waals surface area contributed by atoms with Gasteiger partial charge in [0.25, 0.3) is 0 Å². The van der Waals surface area contributed by atoms with Crippen molar-refractivity contribution >= 4 is 22.0 Å². The van der Waals surface area contributed by atoms with Crippen molar-refractivity contribution in [2.45, 2.75) is 24.3 Å². The molecule has 1 aromatic heterocycles. The zero-order valence-electron chi connectivity index (χ0n) is 17.2. The molecule has 2 heterocycles. The number of nitrogens with zero attached hydrogens (tertiary/aromatic N) is 2. The minimum Gasteiger partial charge on any atom is -0.449 e. The average Bonchev–Trinajstić information content (AvgIpc) is 3.39. The Hall–Kier alpha value is -2.64. The summed E-state index contributed by atoms with van der Waals surface area (Å²) in [6, 6.07) is 16.7. The number of nitrogens with one attached hydrogen (secondary N) is 2. The smallest absolute Gasteiger partial charge is 0.407 e. The molecule has 6 nitrogen and oxygen atoms in total. The van der Waals surface area contributed by atoms with E-state index < -0.39 is 0 Å². The number of aromatic nitrogens is 2. The van der Waals surface area contributed by atoms with E-state index in [1.807, 2.05) is 23.0 Å². The largest absolute Gasteiger partial charge is 0.449 e. The Morgan fingerprint density at radius 3 is 2.39 bits per heavy atom. The second kappa shape index (κ2) is 8.48. The average molecular weight is 481 g/mol. The first kappa shape index (κ1) is 20.3. The SMILES string of the molecule is O=C(NCC1(n2cc(Br)cn2)CCNCC1)OCC1c2ccccc2-c2ccccc21. The second-order valence-electron chi connectivity index (χ2n) is 8.26. The van der Waals surface area contributed by atoms with Crippen molar-refractivity contribution in [2.75, 3.05) is 26.2 Å². The number of ether oxygens (including phenoxy) is 1. The quantitative estimate of drug-likeness (QED) is 0.572. The Morgan fingerprint density at radius 2 is 1.77 bits per heavy atom. The molecule has 31 heavy (non-hydrogen) atoms. The molecule has 2 N–H and O–H groups in total. The lowest BCUT2D eigenvalue weighted by Crippen LogP contribution is -2.51. The standard InChI is InChI=1S/C24H25BrN4O2/c25-17-13-28-29(14-17)24(9-11-26-12-10-24)16-27-23(30)31-15-22-20-7-3-1-5-18(20)19-6-2-4-8-21(19)22/h1-8,13-14,22,26H,9-12,15-16H2,(H,27,30). The summed E-state index contributed by atoms with van der Waals surface area (Å²) in [5.74, 6) is 0.0630. The zero-order valence-corrected chi connectivity index (χ0v) is 18.8. The maximum Gasteiger partial charge on any atom is 0.407 e. The highest BCUT2D eigenvalue weighted by molar-refractivity contribution is 9.10. The first-order valence-corrected chi connectivity index (χ1v) is 11.5. The van der Waals surface area contributed by atoms with E-state index in [4.69, 9.17) is 4.74 Å². The van der Waals surface area contributed by atoms with Crippen LogP contribution in [0.25, 0.3) is 11.1 Å². The molecule has 7 heteroatoms. The molecule has 0 unspecified atom stereocenters. The van der Waals surface area contributed by atoms with Gasteiger partial charge in [0.1, 0.15) is 6.61 Å². The molecule has 0 bridgehead atoms. The fourth-order valence-corrected chi connectivity index (χ4v) is 5.11. The normalized spacial score (nSPS) is 17.1. The molecule has 5 rings (SSSR count). The maximum absolute atomic E-state index is 12.7. The van der Waals surface area contributed by atoms with Crippen molar-refractivity contribution in [1.29, 1.82) is 0 Å². The van der Waals surface area contributed by atoms with Gasteiger partial charge in [0.2, 0.25) is 0 Å². The van der Waals surface area contributed by atoms with Gasteiger partial charge in [-0.25, -0.2) is 4.79 Å². The van der Waals surface area contributed by atoms with Gasteiger partial charge in [-0.15, -0.1) is 0 Å². The molecular formula is C24H25BrN4O2. The topological polar surface area (TPSA) is 68.2 Å². The summed E-state index contributed by atoms with van der Waals surface area (Å²) in [6.07, 6.45) is 5.17. The van der Waals surface area contributed by atoms with E-state index in [1.165, 1.54) is 22.3 Å². The van der Waals surface area contributed by atoms with E-state index in [1.54, 1.807) is 6.20 Å². The van der Waals surface area contributed by atoms with Gasteiger partial charge in [0.05, 0.1) is 16.2 Å². The lowest BCUT2D eigenvalue weighted by atomic mass is 9.88. The molecule has 1 amide bonds. The van der Waals surface area contributed by atoms with Gasteiger partial charge in [-0.05, 0) is 64.1 Å². The molecule has 160 valence electrons. The molecule has 2 aliphatic rings. The number of hydrogen-bond donors (Lipinski definition) is 2. The number of carbonyl (C=O) groups is 1. The summed E-state index contributed by atoms with van der Waals surface area (Å²) in [5, 5.41) is 10.9. The minimum atomic E-state index is -0.383. The van der Waals surface area contributed by atoms with Crippen LogP contribution in [0.2, 0.25) is 0 Å². The molecule has 1 fully saturated rings. The number of hydrogen-bond acceptors (Lipinski definition) is 4. The molecule has 1 aliphatic heterocycles. The predicted molar refractivity (Wildman–Crippen MR) is 123 cm³/mol. The molecule has 0 spiro atoms. The Bertz CT molecular complexity index is 1040. The molecule has 1 saturated heterocycles. The van der Waals surface area contributed by atoms with Crippen LogP contribution in [0.3, 0.4) is 0 Å². The van der Waals surface area contributed by atoms with Gasteiger partial charge in [-0.1, -0.05) is 48.5 Å². The van der Waals surface area contributed by atoms with Gasteiger partial charge in [-0.3, -0.25) is 4.68 Å². The Balaban J connectivity index is 1.26. The van der Waals surface area contributed by atoms with Gasteiger partial charge in [0.15, 0.2) is 0 Å². The molecule has 0 radical (unpaired) electrons. The molecular weight excluding hydrogens is 456 g/mol. The van der Waals surface area contributed by atoms with E-state index in [9.17, 15) is 4.79 Å². The fraction of sp³-hybridized carbons (Fsp3) is 0.333. The number of halogens is 1. The van der Waals surface area contributed by atoms with Gasteiger partial charge < -0.3 is 15.4 Å². The molecule has 0 saturated carbocycles. The van der Waals surface area contributed by atoms with Crippen LogP contribution in [-0.2, 0) is 10.3 Å². The number of benzene rings is 2. The third-order valence-corrected chi connectivity index (χ3v) is 6.89. The van der Waals surface area contributed by atoms with Crippen molar-refractivity contribution in [3.63, 3.8) is 0 Å². The highest BCUT2D eigenvalue weighted by atomic mass is 79.9. The van der Waals surface area contributed by atoms with Crippen LogP contribution in [0.4, 0.5) is 4.79 Å². The van der Waals surface area contributed by atoms with Crippen LogP contribution in [0, 0.1) is 0 Å². The number of alkyl carbamates (subject to hydrolysis) is 1. The Labute approximate surface area is 190 Å². The van der Waals surface area contributed by atoms with Gasteiger partial charge >= 0.3 is 6.09 Å². The third kappa shape index (κ3) is 3.88.